The van der Waals surface area contributed by atoms with Crippen LogP contribution in [0.5, 0.6) is 5.75 Å². The van der Waals surface area contributed by atoms with Gasteiger partial charge in [0.25, 0.3) is 0 Å². The summed E-state index contributed by atoms with van der Waals surface area (Å²) in [4.78, 5) is 12.4. The molecule has 0 fully saturated rings. The van der Waals surface area contributed by atoms with Gasteiger partial charge in [-0.1, -0.05) is 13.3 Å². The number of hydrogen-bond donors (Lipinski definition) is 1. The molecule has 0 unspecified atom stereocenters. The van der Waals surface area contributed by atoms with E-state index in [9.17, 15) is 4.79 Å². The maximum atomic E-state index is 11.0. The summed E-state index contributed by atoms with van der Waals surface area (Å²) in [5, 5.41) is 4.15. The molecule has 0 saturated heterocycles. The van der Waals surface area contributed by atoms with Crippen LogP contribution < -0.4 is 10.1 Å². The average molecular weight is 291 g/mol. The number of ether oxygens (including phenoxy) is 1. The number of thiophene rings is 1. The molecule has 0 aliphatic rings. The van der Waals surface area contributed by atoms with E-state index in [1.54, 1.807) is 14.0 Å². The van der Waals surface area contributed by atoms with Gasteiger partial charge in [-0.3, -0.25) is 4.79 Å². The molecule has 1 N–H and O–H groups in total. The van der Waals surface area contributed by atoms with E-state index in [4.69, 9.17) is 4.74 Å². The highest BCUT2D eigenvalue weighted by Crippen LogP contribution is 2.34. The van der Waals surface area contributed by atoms with Gasteiger partial charge < -0.3 is 10.1 Å². The molecule has 0 bridgehead atoms. The van der Waals surface area contributed by atoms with Crippen LogP contribution in [-0.2, 0) is 17.6 Å². The SMILES string of the molecule is CCCc1sc2ccc(OC)cc2c1CCNC(C)=O. The van der Waals surface area contributed by atoms with Crippen LogP contribution in [0.15, 0.2) is 18.2 Å². The Morgan fingerprint density at radius 1 is 1.35 bits per heavy atom. The maximum Gasteiger partial charge on any atom is 0.216 e. The summed E-state index contributed by atoms with van der Waals surface area (Å²) in [6, 6.07) is 6.24. The van der Waals surface area contributed by atoms with Crippen LogP contribution >= 0.6 is 11.3 Å². The second kappa shape index (κ2) is 6.75. The summed E-state index contributed by atoms with van der Waals surface area (Å²) < 4.78 is 6.62. The largest absolute Gasteiger partial charge is 0.497 e. The van der Waals surface area contributed by atoms with Crippen molar-refractivity contribution in [2.75, 3.05) is 13.7 Å². The molecule has 1 aromatic heterocycles. The number of fused-ring (bicyclic) bond motifs is 1. The molecule has 0 aliphatic heterocycles. The number of carbonyl (C=O) groups excluding carboxylic acids is 1. The van der Waals surface area contributed by atoms with Crippen molar-refractivity contribution in [2.24, 2.45) is 0 Å². The quantitative estimate of drug-likeness (QED) is 0.884. The van der Waals surface area contributed by atoms with Gasteiger partial charge in [0.1, 0.15) is 5.75 Å². The molecule has 1 aromatic carbocycles. The fraction of sp³-hybridized carbons (Fsp3) is 0.438. The zero-order chi connectivity index (χ0) is 14.5. The summed E-state index contributed by atoms with van der Waals surface area (Å²) in [6.07, 6.45) is 3.11. The van der Waals surface area contributed by atoms with Crippen molar-refractivity contribution in [1.29, 1.82) is 0 Å². The lowest BCUT2D eigenvalue weighted by Crippen LogP contribution is -2.22. The van der Waals surface area contributed by atoms with Crippen molar-refractivity contribution < 1.29 is 9.53 Å². The Balaban J connectivity index is 2.35. The van der Waals surface area contributed by atoms with E-state index in [1.807, 2.05) is 17.4 Å². The Morgan fingerprint density at radius 3 is 2.80 bits per heavy atom. The highest BCUT2D eigenvalue weighted by molar-refractivity contribution is 7.19. The Morgan fingerprint density at radius 2 is 2.15 bits per heavy atom. The topological polar surface area (TPSA) is 38.3 Å². The second-order valence-electron chi connectivity index (χ2n) is 4.85. The fourth-order valence-corrected chi connectivity index (χ4v) is 3.71. The highest BCUT2D eigenvalue weighted by atomic mass is 32.1. The zero-order valence-corrected chi connectivity index (χ0v) is 13.1. The third-order valence-corrected chi connectivity index (χ3v) is 4.58. The number of aryl methyl sites for hydroxylation is 1. The first-order chi connectivity index (χ1) is 9.65. The van der Waals surface area contributed by atoms with Crippen LogP contribution in [-0.4, -0.2) is 19.6 Å². The normalized spacial score (nSPS) is 10.8. The summed E-state index contributed by atoms with van der Waals surface area (Å²) in [5.41, 5.74) is 1.36. The summed E-state index contributed by atoms with van der Waals surface area (Å²) in [6.45, 7) is 4.44. The Kier molecular flexibility index (Phi) is 5.01. The molecule has 0 radical (unpaired) electrons. The van der Waals surface area contributed by atoms with Crippen LogP contribution in [0.4, 0.5) is 0 Å². The van der Waals surface area contributed by atoms with Gasteiger partial charge >= 0.3 is 0 Å². The summed E-state index contributed by atoms with van der Waals surface area (Å²) in [7, 11) is 1.69. The van der Waals surface area contributed by atoms with Crippen LogP contribution in [0.2, 0.25) is 0 Å². The van der Waals surface area contributed by atoms with Gasteiger partial charge in [-0.05, 0) is 42.0 Å². The van der Waals surface area contributed by atoms with Crippen molar-refractivity contribution >= 4 is 27.3 Å². The van der Waals surface area contributed by atoms with E-state index in [0.717, 1.165) is 25.0 Å². The van der Waals surface area contributed by atoms with E-state index in [-0.39, 0.29) is 5.91 Å². The van der Waals surface area contributed by atoms with E-state index in [1.165, 1.54) is 20.5 Å². The highest BCUT2D eigenvalue weighted by Gasteiger charge is 2.12. The van der Waals surface area contributed by atoms with Crippen LogP contribution in [0.1, 0.15) is 30.7 Å². The molecule has 1 amide bonds. The number of hydrogen-bond acceptors (Lipinski definition) is 3. The van der Waals surface area contributed by atoms with Gasteiger partial charge in [-0.25, -0.2) is 0 Å². The van der Waals surface area contributed by atoms with E-state index < -0.39 is 0 Å². The number of carbonyl (C=O) groups is 1. The molecule has 108 valence electrons. The second-order valence-corrected chi connectivity index (χ2v) is 5.99. The molecule has 2 aromatic rings. The molecule has 20 heavy (non-hydrogen) atoms. The number of amides is 1. The van der Waals surface area contributed by atoms with E-state index in [2.05, 4.69) is 24.4 Å². The fourth-order valence-electron chi connectivity index (χ4n) is 2.37. The smallest absolute Gasteiger partial charge is 0.216 e. The lowest BCUT2D eigenvalue weighted by molar-refractivity contribution is -0.118. The van der Waals surface area contributed by atoms with Crippen molar-refractivity contribution in [2.45, 2.75) is 33.1 Å². The Hall–Kier alpha value is -1.55. The number of nitrogens with one attached hydrogen (secondary N) is 1. The molecule has 0 aliphatic carbocycles. The zero-order valence-electron chi connectivity index (χ0n) is 12.3. The van der Waals surface area contributed by atoms with Gasteiger partial charge in [0.15, 0.2) is 0 Å². The van der Waals surface area contributed by atoms with Crippen molar-refractivity contribution in [3.8, 4) is 5.75 Å². The number of benzene rings is 1. The Bertz CT molecular complexity index is 604. The monoisotopic (exact) mass is 291 g/mol. The van der Waals surface area contributed by atoms with Gasteiger partial charge in [0, 0.05) is 23.0 Å². The van der Waals surface area contributed by atoms with Gasteiger partial charge in [-0.15, -0.1) is 11.3 Å². The van der Waals surface area contributed by atoms with Crippen LogP contribution in [0.25, 0.3) is 10.1 Å². The van der Waals surface area contributed by atoms with E-state index >= 15 is 0 Å². The van der Waals surface area contributed by atoms with Gasteiger partial charge in [0.05, 0.1) is 7.11 Å². The van der Waals surface area contributed by atoms with Crippen LogP contribution in [0, 0.1) is 0 Å². The first kappa shape index (κ1) is 14.9. The number of methoxy groups -OCH3 is 1. The first-order valence-corrected chi connectivity index (χ1v) is 7.80. The van der Waals surface area contributed by atoms with Crippen LogP contribution in [0.3, 0.4) is 0 Å². The minimum Gasteiger partial charge on any atom is -0.497 e. The lowest BCUT2D eigenvalue weighted by Gasteiger charge is -2.06. The average Bonchev–Trinajstić information content (AvgIpc) is 2.76. The van der Waals surface area contributed by atoms with Crippen molar-refractivity contribution in [1.82, 2.24) is 5.32 Å². The third kappa shape index (κ3) is 3.31. The summed E-state index contributed by atoms with van der Waals surface area (Å²) >= 11 is 1.86. The van der Waals surface area contributed by atoms with Crippen molar-refractivity contribution in [3.05, 3.63) is 28.6 Å². The predicted molar refractivity (Wildman–Crippen MR) is 84.8 cm³/mol. The summed E-state index contributed by atoms with van der Waals surface area (Å²) in [5.74, 6) is 0.915. The standard InChI is InChI=1S/C16H21NO2S/c1-4-5-15-13(8-9-17-11(2)18)14-10-12(19-3)6-7-16(14)20-15/h6-7,10H,4-5,8-9H2,1-3H3,(H,17,18). The predicted octanol–water partition coefficient (Wildman–Crippen LogP) is 3.54. The molecule has 0 saturated carbocycles. The van der Waals surface area contributed by atoms with Crippen molar-refractivity contribution in [3.63, 3.8) is 0 Å². The van der Waals surface area contributed by atoms with Gasteiger partial charge in [-0.2, -0.15) is 0 Å². The minimum atomic E-state index is 0.0270. The molecule has 3 nitrogen and oxygen atoms in total. The molecule has 0 atom stereocenters. The molecular weight excluding hydrogens is 270 g/mol. The Labute approximate surface area is 123 Å². The number of rotatable bonds is 6. The molecule has 4 heteroatoms. The molecule has 1 heterocycles. The minimum absolute atomic E-state index is 0.0270. The first-order valence-electron chi connectivity index (χ1n) is 6.98. The van der Waals surface area contributed by atoms with Gasteiger partial charge in [0.2, 0.25) is 5.91 Å². The molecular formula is C16H21NO2S. The lowest BCUT2D eigenvalue weighted by atomic mass is 10.0. The third-order valence-electron chi connectivity index (χ3n) is 3.31. The van der Waals surface area contributed by atoms with E-state index in [0.29, 0.717) is 6.54 Å². The molecule has 2 rings (SSSR count). The maximum absolute atomic E-state index is 11.0. The molecule has 0 spiro atoms.